The molecule has 274 valence electrons. The van der Waals surface area contributed by atoms with Crippen LogP contribution in [0.1, 0.15) is 26.4 Å². The highest BCUT2D eigenvalue weighted by atomic mass is 32.2. The fraction of sp³-hybridized carbons (Fsp3) is 0.182. The molecular weight excluding hydrogens is 753 g/mol. The number of hydrogen-bond acceptors (Lipinski definition) is 5. The van der Waals surface area contributed by atoms with Gasteiger partial charge < -0.3 is 5.48 Å². The molecular formula is C44H52O2S6+2. The van der Waals surface area contributed by atoms with Crippen LogP contribution in [0.5, 0.6) is 0 Å². The van der Waals surface area contributed by atoms with Crippen molar-refractivity contribution in [3.8, 4) is 0 Å². The highest BCUT2D eigenvalue weighted by molar-refractivity contribution is 8.00. The molecule has 1 atom stereocenters. The van der Waals surface area contributed by atoms with Gasteiger partial charge in [0.2, 0.25) is 0 Å². The van der Waals surface area contributed by atoms with E-state index in [1.807, 2.05) is 68.1 Å². The van der Waals surface area contributed by atoms with Crippen LogP contribution in [-0.2, 0) is 21.7 Å². The predicted molar refractivity (Wildman–Crippen MR) is 238 cm³/mol. The SMILES string of the molecule is CC.CS(=O)c1ccc(Sc2ccccc2)cc1.CSc1ccc(Sc2ccc(C)cc2)cc1.Cc1ccc(Sc2ccc([S+](C)C)cc2)cc1.O.[H+]. The van der Waals surface area contributed by atoms with Crippen LogP contribution in [-0.4, -0.2) is 34.7 Å². The number of thioether (sulfide) groups is 1. The van der Waals surface area contributed by atoms with Crippen molar-refractivity contribution in [2.24, 2.45) is 0 Å². The smallest absolute Gasteiger partial charge is 0.412 e. The standard InChI is InChI=1S/C15H17S2.C14H14S2.C13H12OS2.C2H6.H2O/c1-12-4-6-13(7-5-12)16-14-8-10-15(11-9-14)17(2)3;1-11-3-5-13(6-4-11)16-14-9-7-12(15-2)8-10-14;1-16(14)13-9-7-12(8-10-13)15-11-5-3-2-4-6-11;1-2;/h4-11H,1-3H3;3-10H,1-2H3;2-10H,1H3;1-2H3;1H2/q+1;;;;/p+1. The second kappa shape index (κ2) is 25.2. The molecule has 52 heavy (non-hydrogen) atoms. The first-order valence-corrected chi connectivity index (χ1v) is 23.9. The highest BCUT2D eigenvalue weighted by Crippen LogP contribution is 2.30. The average molecular weight is 805 g/mol. The van der Waals surface area contributed by atoms with E-state index in [2.05, 4.69) is 142 Å². The van der Waals surface area contributed by atoms with Crippen molar-refractivity contribution in [1.29, 1.82) is 0 Å². The Labute approximate surface area is 337 Å². The Kier molecular flexibility index (Phi) is 22.0. The average Bonchev–Trinajstić information content (AvgIpc) is 3.16. The maximum atomic E-state index is 11.2. The van der Waals surface area contributed by atoms with Gasteiger partial charge in [0, 0.05) is 67.1 Å². The first-order chi connectivity index (χ1) is 24.7. The number of aryl methyl sites for hydroxylation is 2. The third kappa shape index (κ3) is 16.9. The van der Waals surface area contributed by atoms with E-state index in [9.17, 15) is 4.21 Å². The summed E-state index contributed by atoms with van der Waals surface area (Å²) in [5.74, 6) is 0. The lowest BCUT2D eigenvalue weighted by molar-refractivity contribution is 0.686. The van der Waals surface area contributed by atoms with E-state index in [0.29, 0.717) is 10.9 Å². The maximum Gasteiger partial charge on any atom is 1.00 e. The van der Waals surface area contributed by atoms with Crippen molar-refractivity contribution in [2.75, 3.05) is 25.0 Å². The van der Waals surface area contributed by atoms with Gasteiger partial charge in [-0.1, -0.05) is 103 Å². The van der Waals surface area contributed by atoms with E-state index in [1.165, 1.54) is 50.3 Å². The van der Waals surface area contributed by atoms with Crippen LogP contribution < -0.4 is 0 Å². The van der Waals surface area contributed by atoms with Crippen LogP contribution in [0.2, 0.25) is 0 Å². The van der Waals surface area contributed by atoms with Crippen LogP contribution in [0, 0.1) is 13.8 Å². The first kappa shape index (κ1) is 45.3. The van der Waals surface area contributed by atoms with Gasteiger partial charge in [-0.25, -0.2) is 0 Å². The molecule has 2 N–H and O–H groups in total. The summed E-state index contributed by atoms with van der Waals surface area (Å²) in [6.45, 7) is 8.23. The Hall–Kier alpha value is -2.82. The minimum atomic E-state index is -0.893. The van der Waals surface area contributed by atoms with E-state index in [4.69, 9.17) is 0 Å². The maximum absolute atomic E-state index is 11.2. The summed E-state index contributed by atoms with van der Waals surface area (Å²) in [5, 5.41) is 0. The van der Waals surface area contributed by atoms with E-state index in [-0.39, 0.29) is 6.90 Å². The van der Waals surface area contributed by atoms with E-state index in [0.717, 1.165) is 4.90 Å². The van der Waals surface area contributed by atoms with E-state index >= 15 is 0 Å². The second-order valence-electron chi connectivity index (χ2n) is 11.1. The Morgan fingerprint density at radius 1 is 0.481 bits per heavy atom. The van der Waals surface area contributed by atoms with Gasteiger partial charge in [0.15, 0.2) is 4.90 Å². The molecule has 0 aromatic heterocycles. The molecule has 2 nitrogen and oxygen atoms in total. The minimum absolute atomic E-state index is 0. The largest absolute Gasteiger partial charge is 1.00 e. The fourth-order valence-electron chi connectivity index (χ4n) is 4.23. The summed E-state index contributed by atoms with van der Waals surface area (Å²) >= 11 is 7.11. The zero-order chi connectivity index (χ0) is 37.0. The fourth-order valence-corrected chi connectivity index (χ4v) is 8.31. The molecule has 6 rings (SSSR count). The molecule has 0 fully saturated rings. The molecule has 0 aliphatic carbocycles. The molecule has 0 amide bonds. The first-order valence-electron chi connectivity index (χ1n) is 16.7. The molecule has 0 heterocycles. The lowest BCUT2D eigenvalue weighted by atomic mass is 10.2. The molecule has 6 aromatic rings. The van der Waals surface area contributed by atoms with Gasteiger partial charge in [-0.15, -0.1) is 11.8 Å². The van der Waals surface area contributed by atoms with Gasteiger partial charge in [0.1, 0.15) is 12.5 Å². The van der Waals surface area contributed by atoms with Crippen molar-refractivity contribution in [2.45, 2.75) is 71.8 Å². The second-order valence-corrected chi connectivity index (χ2v) is 18.9. The van der Waals surface area contributed by atoms with Crippen LogP contribution in [0.25, 0.3) is 0 Å². The topological polar surface area (TPSA) is 48.6 Å². The summed E-state index contributed by atoms with van der Waals surface area (Å²) in [6.07, 6.45) is 8.30. The molecule has 0 saturated carbocycles. The van der Waals surface area contributed by atoms with Crippen LogP contribution in [0.3, 0.4) is 0 Å². The Morgan fingerprint density at radius 3 is 1.13 bits per heavy atom. The quantitative estimate of drug-likeness (QED) is 0.108. The van der Waals surface area contributed by atoms with Crippen LogP contribution >= 0.6 is 47.0 Å². The van der Waals surface area contributed by atoms with Gasteiger partial charge in [-0.05, 0) is 129 Å². The molecule has 0 radical (unpaired) electrons. The summed E-state index contributed by atoms with van der Waals surface area (Å²) < 4.78 is 11.2. The van der Waals surface area contributed by atoms with Crippen molar-refractivity contribution < 1.29 is 11.1 Å². The Bertz CT molecular complexity index is 1850. The van der Waals surface area contributed by atoms with E-state index in [1.54, 1.807) is 41.5 Å². The zero-order valence-electron chi connectivity index (χ0n) is 32.3. The molecule has 0 saturated heterocycles. The molecule has 0 spiro atoms. The molecule has 0 aliphatic heterocycles. The number of benzene rings is 6. The van der Waals surface area contributed by atoms with Crippen molar-refractivity contribution in [1.82, 2.24) is 0 Å². The van der Waals surface area contributed by atoms with Gasteiger partial charge in [-0.3, -0.25) is 4.21 Å². The van der Waals surface area contributed by atoms with Gasteiger partial charge in [0.25, 0.3) is 0 Å². The van der Waals surface area contributed by atoms with Gasteiger partial charge in [0.05, 0.1) is 0 Å². The van der Waals surface area contributed by atoms with Crippen molar-refractivity contribution in [3.05, 3.63) is 163 Å². The number of rotatable bonds is 9. The highest BCUT2D eigenvalue weighted by Gasteiger charge is 2.07. The molecule has 8 heteroatoms. The predicted octanol–water partition coefficient (Wildman–Crippen LogP) is 13.1. The van der Waals surface area contributed by atoms with Crippen molar-refractivity contribution >= 4 is 68.7 Å². The van der Waals surface area contributed by atoms with Crippen LogP contribution in [0.4, 0.5) is 0 Å². The normalized spacial score (nSPS) is 10.6. The van der Waals surface area contributed by atoms with Gasteiger partial charge in [-0.2, -0.15) is 0 Å². The van der Waals surface area contributed by atoms with Crippen molar-refractivity contribution in [3.63, 3.8) is 0 Å². The molecule has 0 bridgehead atoms. The molecule has 0 aliphatic rings. The zero-order valence-corrected chi connectivity index (χ0v) is 36.2. The molecule has 6 aromatic carbocycles. The number of hydrogen-bond donors (Lipinski definition) is 0. The third-order valence-corrected chi connectivity index (χ3v) is 12.9. The molecule has 1 unspecified atom stereocenters. The Morgan fingerprint density at radius 2 is 0.788 bits per heavy atom. The van der Waals surface area contributed by atoms with E-state index < -0.39 is 10.8 Å². The van der Waals surface area contributed by atoms with Gasteiger partial charge >= 0.3 is 1.43 Å². The lowest BCUT2D eigenvalue weighted by Gasteiger charge is -2.03. The third-order valence-electron chi connectivity index (χ3n) is 7.00. The summed E-state index contributed by atoms with van der Waals surface area (Å²) in [4.78, 5) is 11.2. The van der Waals surface area contributed by atoms with Crippen LogP contribution in [0.15, 0.2) is 196 Å². The summed E-state index contributed by atoms with van der Waals surface area (Å²) in [7, 11) is -0.539. The Balaban J connectivity index is 0.000000381. The minimum Gasteiger partial charge on any atom is -0.412 e. The summed E-state index contributed by atoms with van der Waals surface area (Å²) in [5.41, 5.74) is 2.62. The summed E-state index contributed by atoms with van der Waals surface area (Å²) in [6, 6.07) is 53.0. The lowest BCUT2D eigenvalue weighted by Crippen LogP contribution is -1.94. The monoisotopic (exact) mass is 804 g/mol.